The van der Waals surface area contributed by atoms with Gasteiger partial charge in [-0.25, -0.2) is 14.8 Å². The largest absolute Gasteiger partial charge is 0.575 e. The third-order valence-corrected chi connectivity index (χ3v) is 7.73. The number of benzene rings is 1. The molecule has 0 bridgehead atoms. The van der Waals surface area contributed by atoms with Gasteiger partial charge in [-0.05, 0) is 37.1 Å². The van der Waals surface area contributed by atoms with Crippen molar-refractivity contribution in [3.63, 3.8) is 0 Å². The van der Waals surface area contributed by atoms with Gasteiger partial charge in [0.15, 0.2) is 29.2 Å². The van der Waals surface area contributed by atoms with Crippen molar-refractivity contribution < 1.29 is 43.7 Å². The second-order valence-corrected chi connectivity index (χ2v) is 11.3. The predicted octanol–water partition coefficient (Wildman–Crippen LogP) is 1.40. The molecule has 1 aromatic carbocycles. The van der Waals surface area contributed by atoms with Gasteiger partial charge >= 0.3 is 14.1 Å². The number of pyridine rings is 1. The summed E-state index contributed by atoms with van der Waals surface area (Å²) in [6.45, 7) is 4.61. The Hall–Kier alpha value is -4.21. The van der Waals surface area contributed by atoms with Crippen LogP contribution in [0.5, 0.6) is 17.5 Å². The van der Waals surface area contributed by atoms with E-state index in [1.54, 1.807) is 38.1 Å². The summed E-state index contributed by atoms with van der Waals surface area (Å²) in [7, 11) is -1.20. The number of aromatic nitrogens is 5. The van der Waals surface area contributed by atoms with E-state index in [0.29, 0.717) is 16.4 Å². The van der Waals surface area contributed by atoms with E-state index in [4.69, 9.17) is 24.5 Å². The molecule has 1 saturated heterocycles. The summed E-state index contributed by atoms with van der Waals surface area (Å²) < 4.78 is 27.6. The van der Waals surface area contributed by atoms with Crippen LogP contribution in [-0.2, 0) is 9.53 Å². The van der Waals surface area contributed by atoms with Gasteiger partial charge in [0.1, 0.15) is 24.4 Å². The van der Waals surface area contributed by atoms with E-state index in [1.165, 1.54) is 31.0 Å². The number of anilines is 1. The summed E-state index contributed by atoms with van der Waals surface area (Å²) in [5, 5.41) is 32.0. The molecule has 16 nitrogen and oxygen atoms in total. The minimum absolute atomic E-state index is 0.0630. The molecule has 0 aliphatic carbocycles. The number of rotatable bonds is 10. The highest BCUT2D eigenvalue weighted by Gasteiger charge is 2.54. The van der Waals surface area contributed by atoms with Crippen LogP contribution in [0.25, 0.3) is 22.1 Å². The number of nitrogens with two attached hydrogens (primary N) is 1. The van der Waals surface area contributed by atoms with Gasteiger partial charge in [-0.3, -0.25) is 9.09 Å². The fourth-order valence-corrected chi connectivity index (χ4v) is 5.58. The first-order valence-corrected chi connectivity index (χ1v) is 14.2. The van der Waals surface area contributed by atoms with Gasteiger partial charge in [0.25, 0.3) is 0 Å². The predicted molar refractivity (Wildman–Crippen MR) is 150 cm³/mol. The minimum atomic E-state index is -2.61. The second-order valence-electron chi connectivity index (χ2n) is 10.4. The van der Waals surface area contributed by atoms with Gasteiger partial charge in [0.2, 0.25) is 17.7 Å². The molecular weight excluding hydrogens is 585 g/mol. The third-order valence-electron chi connectivity index (χ3n) is 6.92. The summed E-state index contributed by atoms with van der Waals surface area (Å²) in [6, 6.07) is 6.87. The number of hydrogen-bond donors (Lipinski definition) is 4. The van der Waals surface area contributed by atoms with E-state index >= 15 is 0 Å². The van der Waals surface area contributed by atoms with Crippen LogP contribution in [0.1, 0.15) is 27.0 Å². The zero-order valence-corrected chi connectivity index (χ0v) is 24.5. The smallest absolute Gasteiger partial charge is 0.395 e. The van der Waals surface area contributed by atoms with Crippen molar-refractivity contribution in [2.75, 3.05) is 19.5 Å². The van der Waals surface area contributed by atoms with Crippen molar-refractivity contribution in [1.82, 2.24) is 24.5 Å². The highest BCUT2D eigenvalue weighted by atomic mass is 31.1. The molecule has 1 aliphatic heterocycles. The summed E-state index contributed by atoms with van der Waals surface area (Å²) in [5.74, 6) is -0.985. The Kier molecular flexibility index (Phi) is 8.31. The molecule has 228 valence electrons. The lowest BCUT2D eigenvalue weighted by Crippen LogP contribution is -2.44. The minimum Gasteiger partial charge on any atom is -0.575 e. The number of aliphatic hydroxyl groups excluding tert-OH is 1. The first-order chi connectivity index (χ1) is 20.4. The van der Waals surface area contributed by atoms with E-state index in [-0.39, 0.29) is 41.6 Å². The molecule has 5 N–H and O–H groups in total. The van der Waals surface area contributed by atoms with Crippen molar-refractivity contribution in [1.29, 1.82) is 0 Å². The quantitative estimate of drug-likeness (QED) is 0.185. The molecule has 43 heavy (non-hydrogen) atoms. The Bertz CT molecular complexity index is 1700. The number of nitrogens with zero attached hydrogens (tertiary/aromatic N) is 6. The van der Waals surface area contributed by atoms with Crippen molar-refractivity contribution >= 4 is 42.2 Å². The zero-order chi connectivity index (χ0) is 31.1. The van der Waals surface area contributed by atoms with Crippen LogP contribution in [0, 0.1) is 5.92 Å². The Morgan fingerprint density at radius 3 is 2.74 bits per heavy atom. The number of hydrogen-bond acceptors (Lipinski definition) is 14. The molecular formula is C26H30N7O9P. The van der Waals surface area contributed by atoms with Crippen LogP contribution in [0.4, 0.5) is 5.95 Å². The molecule has 3 aromatic heterocycles. The van der Waals surface area contributed by atoms with Crippen molar-refractivity contribution in [3.8, 4) is 17.5 Å². The highest BCUT2D eigenvalue weighted by Crippen LogP contribution is 2.40. The van der Waals surface area contributed by atoms with Crippen LogP contribution in [-0.4, -0.2) is 83.4 Å². The van der Waals surface area contributed by atoms with Crippen molar-refractivity contribution in [3.05, 3.63) is 36.7 Å². The van der Waals surface area contributed by atoms with Crippen LogP contribution in [0.3, 0.4) is 0 Å². The lowest BCUT2D eigenvalue weighted by atomic mass is 9.96. The molecule has 5 rings (SSSR count). The number of aliphatic carboxylic acids is 1. The molecule has 4 aromatic rings. The summed E-state index contributed by atoms with van der Waals surface area (Å²) in [6.07, 6.45) is -2.00. The second kappa shape index (κ2) is 11.8. The number of aliphatic hydroxyl groups is 2. The molecule has 3 unspecified atom stereocenters. The number of nitrogen functional groups attached to an aromatic ring is 1. The van der Waals surface area contributed by atoms with Crippen molar-refractivity contribution in [2.45, 2.75) is 50.8 Å². The van der Waals surface area contributed by atoms with E-state index in [2.05, 4.69) is 24.7 Å². The summed E-state index contributed by atoms with van der Waals surface area (Å²) in [4.78, 5) is 40.5. The average Bonchev–Trinajstić information content (AvgIpc) is 3.46. The van der Waals surface area contributed by atoms with Crippen LogP contribution >= 0.6 is 8.17 Å². The van der Waals surface area contributed by atoms with E-state index in [0.717, 1.165) is 0 Å². The highest BCUT2D eigenvalue weighted by molar-refractivity contribution is 7.34. The van der Waals surface area contributed by atoms with Gasteiger partial charge in [-0.1, -0.05) is 18.6 Å². The SMILES string of the molecule is COc1nc(N)nc2c1ncn2C1O[C@H](COc2ccc3cc(O/[P+]([O-])=N/C(C(=O)O)C(C)C)ccc3n2)[C@@H](O)[C@@]1(C)O. The Balaban J connectivity index is 1.28. The Morgan fingerprint density at radius 2 is 2.05 bits per heavy atom. The number of carbonyl (C=O) groups is 1. The number of imidazole rings is 1. The fourth-order valence-electron chi connectivity index (χ4n) is 4.67. The number of methoxy groups -OCH3 is 1. The normalized spacial score (nSPS) is 23.2. The maximum absolute atomic E-state index is 12.3. The van der Waals surface area contributed by atoms with E-state index < -0.39 is 44.2 Å². The van der Waals surface area contributed by atoms with Gasteiger partial charge in [-0.2, -0.15) is 9.97 Å². The number of ether oxygens (including phenoxy) is 3. The number of carboxylic acid groups (broad SMARTS) is 1. The lowest BCUT2D eigenvalue weighted by molar-refractivity contribution is -0.169. The van der Waals surface area contributed by atoms with Gasteiger partial charge < -0.3 is 40.2 Å². The number of carboxylic acids is 1. The summed E-state index contributed by atoms with van der Waals surface area (Å²) >= 11 is 0. The van der Waals surface area contributed by atoms with Crippen LogP contribution in [0.15, 0.2) is 41.4 Å². The van der Waals surface area contributed by atoms with Gasteiger partial charge in [0.05, 0.1) is 19.0 Å². The molecule has 1 aliphatic rings. The van der Waals surface area contributed by atoms with E-state index in [1.807, 2.05) is 0 Å². The number of fused-ring (bicyclic) bond motifs is 2. The molecule has 0 spiro atoms. The fraction of sp³-hybridized carbons (Fsp3) is 0.423. The molecule has 6 atom stereocenters. The molecule has 1 fully saturated rings. The maximum Gasteiger partial charge on any atom is 0.395 e. The molecule has 4 heterocycles. The first-order valence-electron chi connectivity index (χ1n) is 13.1. The average molecular weight is 616 g/mol. The van der Waals surface area contributed by atoms with Crippen molar-refractivity contribution in [2.24, 2.45) is 10.7 Å². The monoisotopic (exact) mass is 615 g/mol. The third kappa shape index (κ3) is 6.00. The topological polar surface area (TPSA) is 233 Å². The van der Waals surface area contributed by atoms with Crippen LogP contribution < -0.4 is 24.6 Å². The Labute approximate surface area is 245 Å². The molecule has 0 amide bonds. The maximum atomic E-state index is 12.3. The molecule has 17 heteroatoms. The van der Waals surface area contributed by atoms with E-state index in [9.17, 15) is 25.0 Å². The standard InChI is InChI=1S/C26H30N7O9P/c1-12(2)18(23(35)36)32-43(38)42-14-6-7-15-13(9-14)5-8-17(29-15)40-10-16-20(34)26(3,37)24(41-16)33-11-28-19-21(33)30-25(27)31-22(19)39-4/h5-9,11-12,16,18,20,24,34,37H,10H2,1-4H3,(H,35,36)(H2,27,30,31)/t16-,18?,20-,24?,26-/m1/s1. The van der Waals surface area contributed by atoms with Gasteiger partial charge in [0, 0.05) is 11.5 Å². The summed E-state index contributed by atoms with van der Waals surface area (Å²) in [5.41, 5.74) is 5.13. The van der Waals surface area contributed by atoms with Gasteiger partial charge in [-0.15, -0.1) is 0 Å². The van der Waals surface area contributed by atoms with Crippen LogP contribution in [0.2, 0.25) is 0 Å². The molecule has 0 radical (unpaired) electrons. The lowest BCUT2D eigenvalue weighted by Gasteiger charge is -2.27. The zero-order valence-electron chi connectivity index (χ0n) is 23.6. The molecule has 0 saturated carbocycles. The first kappa shape index (κ1) is 30.3. The Morgan fingerprint density at radius 1 is 1.28 bits per heavy atom.